The minimum atomic E-state index is -0.234. The van der Waals surface area contributed by atoms with Crippen LogP contribution in [0.5, 0.6) is 0 Å². The summed E-state index contributed by atoms with van der Waals surface area (Å²) in [6.07, 6.45) is 5.90. The zero-order chi connectivity index (χ0) is 10.4. The Labute approximate surface area is 82.2 Å². The molecule has 0 saturated carbocycles. The Balaban J connectivity index is 4.06. The average Bonchev–Trinajstić information content (AvgIpc) is 2.02. The van der Waals surface area contributed by atoms with Crippen LogP contribution in [0.1, 0.15) is 34.6 Å². The molecule has 0 heterocycles. The largest absolute Gasteiger partial charge is 0.392 e. The van der Waals surface area contributed by atoms with E-state index >= 15 is 0 Å². The van der Waals surface area contributed by atoms with Gasteiger partial charge in [-0.3, -0.25) is 0 Å². The van der Waals surface area contributed by atoms with Gasteiger partial charge >= 0.3 is 0 Å². The van der Waals surface area contributed by atoms with Crippen molar-refractivity contribution in [2.24, 2.45) is 11.8 Å². The predicted octanol–water partition coefficient (Wildman–Crippen LogP) is 3.16. The Morgan fingerprint density at radius 3 is 2.08 bits per heavy atom. The lowest BCUT2D eigenvalue weighted by molar-refractivity contribution is 0.0911. The predicted molar refractivity (Wildman–Crippen MR) is 58.6 cm³/mol. The summed E-state index contributed by atoms with van der Waals surface area (Å²) in [6.45, 7) is 10.2. The Morgan fingerprint density at radius 1 is 1.15 bits per heavy atom. The molecule has 0 spiro atoms. The van der Waals surface area contributed by atoms with E-state index in [1.54, 1.807) is 0 Å². The van der Waals surface area contributed by atoms with Gasteiger partial charge in [0.2, 0.25) is 0 Å². The van der Waals surface area contributed by atoms with Crippen molar-refractivity contribution < 1.29 is 5.11 Å². The van der Waals surface area contributed by atoms with Crippen LogP contribution in [0.15, 0.2) is 23.8 Å². The molecule has 0 aromatic rings. The highest BCUT2D eigenvalue weighted by atomic mass is 16.3. The fourth-order valence-corrected chi connectivity index (χ4v) is 1.14. The van der Waals surface area contributed by atoms with Crippen molar-refractivity contribution >= 4 is 0 Å². The minimum Gasteiger partial charge on any atom is -0.392 e. The maximum atomic E-state index is 9.69. The molecule has 2 atom stereocenters. The lowest BCUT2D eigenvalue weighted by atomic mass is 9.94. The maximum absolute atomic E-state index is 9.69. The number of hydrogen-bond donors (Lipinski definition) is 1. The highest BCUT2D eigenvalue weighted by Crippen LogP contribution is 2.13. The van der Waals surface area contributed by atoms with Crippen molar-refractivity contribution in [2.45, 2.75) is 40.7 Å². The molecule has 1 heteroatoms. The molecule has 0 rings (SSSR count). The SMILES string of the molecule is CC(C)=C/C=C/C(C)C(O)C(C)C. The van der Waals surface area contributed by atoms with Gasteiger partial charge in [-0.25, -0.2) is 0 Å². The number of aliphatic hydroxyl groups excluding tert-OH is 1. The first kappa shape index (κ1) is 12.4. The van der Waals surface area contributed by atoms with E-state index in [9.17, 15) is 5.11 Å². The lowest BCUT2D eigenvalue weighted by Gasteiger charge is -2.18. The molecule has 1 nitrogen and oxygen atoms in total. The van der Waals surface area contributed by atoms with E-state index in [1.165, 1.54) is 5.57 Å². The molecule has 1 N–H and O–H groups in total. The first-order chi connectivity index (χ1) is 5.95. The number of aliphatic hydroxyl groups is 1. The smallest absolute Gasteiger partial charge is 0.0623 e. The van der Waals surface area contributed by atoms with Crippen LogP contribution < -0.4 is 0 Å². The van der Waals surface area contributed by atoms with Crippen LogP contribution in [-0.2, 0) is 0 Å². The van der Waals surface area contributed by atoms with Gasteiger partial charge in [-0.1, -0.05) is 44.6 Å². The molecule has 0 aromatic carbocycles. The fraction of sp³-hybridized carbons (Fsp3) is 0.667. The highest BCUT2D eigenvalue weighted by molar-refractivity contribution is 5.09. The van der Waals surface area contributed by atoms with Crippen molar-refractivity contribution in [3.63, 3.8) is 0 Å². The molecule has 0 fully saturated rings. The van der Waals surface area contributed by atoms with Gasteiger partial charge in [0, 0.05) is 5.92 Å². The van der Waals surface area contributed by atoms with E-state index < -0.39 is 0 Å². The van der Waals surface area contributed by atoms with Crippen LogP contribution in [-0.4, -0.2) is 11.2 Å². The summed E-state index contributed by atoms with van der Waals surface area (Å²) in [4.78, 5) is 0. The molecule has 2 unspecified atom stereocenters. The summed E-state index contributed by atoms with van der Waals surface area (Å²) in [5, 5.41) is 9.69. The molecule has 13 heavy (non-hydrogen) atoms. The van der Waals surface area contributed by atoms with Crippen LogP contribution in [0.4, 0.5) is 0 Å². The zero-order valence-electron chi connectivity index (χ0n) is 9.41. The van der Waals surface area contributed by atoms with Crippen LogP contribution in [0.3, 0.4) is 0 Å². The minimum absolute atomic E-state index is 0.232. The monoisotopic (exact) mass is 182 g/mol. The second-order valence-corrected chi connectivity index (χ2v) is 4.22. The highest BCUT2D eigenvalue weighted by Gasteiger charge is 2.14. The summed E-state index contributed by atoms with van der Waals surface area (Å²) in [5.74, 6) is 0.557. The maximum Gasteiger partial charge on any atom is 0.0623 e. The molecule has 0 aromatic heterocycles. The average molecular weight is 182 g/mol. The zero-order valence-corrected chi connectivity index (χ0v) is 9.41. The van der Waals surface area contributed by atoms with E-state index in [0.29, 0.717) is 5.92 Å². The van der Waals surface area contributed by atoms with Gasteiger partial charge in [0.15, 0.2) is 0 Å². The third-order valence-electron chi connectivity index (χ3n) is 2.07. The second kappa shape index (κ2) is 5.98. The summed E-state index contributed by atoms with van der Waals surface area (Å²) >= 11 is 0. The first-order valence-electron chi connectivity index (χ1n) is 4.95. The van der Waals surface area contributed by atoms with Crippen LogP contribution >= 0.6 is 0 Å². The van der Waals surface area contributed by atoms with Gasteiger partial charge in [-0.2, -0.15) is 0 Å². The molecule has 0 amide bonds. The first-order valence-corrected chi connectivity index (χ1v) is 4.95. The van der Waals surface area contributed by atoms with Gasteiger partial charge < -0.3 is 5.11 Å². The molecular formula is C12H22O. The molecule has 0 saturated heterocycles. The summed E-state index contributed by atoms with van der Waals surface area (Å²) in [6, 6.07) is 0. The van der Waals surface area contributed by atoms with Crippen LogP contribution in [0, 0.1) is 11.8 Å². The molecule has 0 aliphatic heterocycles. The summed E-state index contributed by atoms with van der Waals surface area (Å²) in [7, 11) is 0. The molecule has 0 aliphatic carbocycles. The van der Waals surface area contributed by atoms with Gasteiger partial charge in [0.25, 0.3) is 0 Å². The Bertz CT molecular complexity index is 185. The normalized spacial score (nSPS) is 16.2. The molecule has 0 radical (unpaired) electrons. The third kappa shape index (κ3) is 5.64. The second-order valence-electron chi connectivity index (χ2n) is 4.22. The van der Waals surface area contributed by atoms with Crippen LogP contribution in [0.2, 0.25) is 0 Å². The van der Waals surface area contributed by atoms with Gasteiger partial charge in [-0.05, 0) is 19.8 Å². The Hall–Kier alpha value is -0.560. The van der Waals surface area contributed by atoms with E-state index in [0.717, 1.165) is 0 Å². The molecule has 76 valence electrons. The Morgan fingerprint density at radius 2 is 1.69 bits per heavy atom. The number of allylic oxidation sites excluding steroid dienone is 3. The van der Waals surface area contributed by atoms with Gasteiger partial charge in [0.1, 0.15) is 0 Å². The number of rotatable bonds is 4. The molecular weight excluding hydrogens is 160 g/mol. The van der Waals surface area contributed by atoms with Crippen molar-refractivity contribution in [3.05, 3.63) is 23.8 Å². The summed E-state index contributed by atoms with van der Waals surface area (Å²) in [5.41, 5.74) is 1.28. The van der Waals surface area contributed by atoms with Crippen molar-refractivity contribution in [3.8, 4) is 0 Å². The number of hydrogen-bond acceptors (Lipinski definition) is 1. The quantitative estimate of drug-likeness (QED) is 0.662. The van der Waals surface area contributed by atoms with Crippen LogP contribution in [0.25, 0.3) is 0 Å². The lowest BCUT2D eigenvalue weighted by Crippen LogP contribution is -2.21. The van der Waals surface area contributed by atoms with Gasteiger partial charge in [-0.15, -0.1) is 0 Å². The van der Waals surface area contributed by atoms with Crippen molar-refractivity contribution in [1.29, 1.82) is 0 Å². The van der Waals surface area contributed by atoms with E-state index in [4.69, 9.17) is 0 Å². The van der Waals surface area contributed by atoms with Crippen molar-refractivity contribution in [1.82, 2.24) is 0 Å². The standard InChI is InChI=1S/C12H22O/c1-9(2)7-6-8-11(5)12(13)10(3)4/h6-8,10-13H,1-5H3/b8-6+. The van der Waals surface area contributed by atoms with Crippen molar-refractivity contribution in [2.75, 3.05) is 0 Å². The Kier molecular flexibility index (Phi) is 5.72. The fourth-order valence-electron chi connectivity index (χ4n) is 1.14. The molecule has 0 bridgehead atoms. The molecule has 0 aliphatic rings. The van der Waals surface area contributed by atoms with E-state index in [-0.39, 0.29) is 12.0 Å². The van der Waals surface area contributed by atoms with E-state index in [1.807, 2.05) is 26.8 Å². The van der Waals surface area contributed by atoms with E-state index in [2.05, 4.69) is 26.0 Å². The van der Waals surface area contributed by atoms with Gasteiger partial charge in [0.05, 0.1) is 6.10 Å². The summed E-state index contributed by atoms with van der Waals surface area (Å²) < 4.78 is 0. The third-order valence-corrected chi connectivity index (χ3v) is 2.07. The topological polar surface area (TPSA) is 20.2 Å².